The van der Waals surface area contributed by atoms with Crippen LogP contribution in [0.4, 0.5) is 0 Å². The van der Waals surface area contributed by atoms with Gasteiger partial charge in [0, 0.05) is 24.3 Å². The Bertz CT molecular complexity index is 1110. The molecule has 0 radical (unpaired) electrons. The second-order valence-corrected chi connectivity index (χ2v) is 16.3. The molecule has 0 N–H and O–H groups in total. The van der Waals surface area contributed by atoms with Crippen LogP contribution >= 0.6 is 0 Å². The van der Waals surface area contributed by atoms with Gasteiger partial charge in [-0.25, -0.2) is 0 Å². The standard InChI is InChI=1S/C34H53NO4/c1-29(2)25-10-13-34(7)27(32(25,5)12-11-26(29)37)24(36)20-22-23-21-31(4,28(38)39-19-18-35(8)9)15-14-30(23,3)16-17-33(22,34)6/h20,23,25,27H,10-19,21H2,1-9H3/t23-,25-,27+,30+,31-,32-,33+,34+/m0/s1. The Hall–Kier alpha value is -1.49. The zero-order valence-electron chi connectivity index (χ0n) is 26.2. The Kier molecular flexibility index (Phi) is 6.70. The minimum absolute atomic E-state index is 0.0554. The molecule has 0 aromatic rings. The summed E-state index contributed by atoms with van der Waals surface area (Å²) in [6.45, 7) is 17.1. The number of nitrogens with zero attached hydrogens (tertiary/aromatic N) is 1. The van der Waals surface area contributed by atoms with Crippen LogP contribution in [0.1, 0.15) is 106 Å². The van der Waals surface area contributed by atoms with Gasteiger partial charge in [0.2, 0.25) is 0 Å². The number of carbonyl (C=O) groups is 3. The molecule has 5 heteroatoms. The molecular weight excluding hydrogens is 486 g/mol. The average molecular weight is 540 g/mol. The van der Waals surface area contributed by atoms with E-state index in [0.717, 1.165) is 57.9 Å². The van der Waals surface area contributed by atoms with E-state index in [9.17, 15) is 14.4 Å². The van der Waals surface area contributed by atoms with Gasteiger partial charge in [-0.3, -0.25) is 14.4 Å². The first-order valence-corrected chi connectivity index (χ1v) is 15.6. The fourth-order valence-corrected chi connectivity index (χ4v) is 10.7. The summed E-state index contributed by atoms with van der Waals surface area (Å²) < 4.78 is 5.80. The molecule has 0 saturated heterocycles. The van der Waals surface area contributed by atoms with Crippen molar-refractivity contribution in [2.45, 2.75) is 106 Å². The molecule has 5 nitrogen and oxygen atoms in total. The highest BCUT2D eigenvalue weighted by Gasteiger charge is 2.70. The van der Waals surface area contributed by atoms with Gasteiger partial charge in [0.05, 0.1) is 5.41 Å². The van der Waals surface area contributed by atoms with Crippen molar-refractivity contribution >= 4 is 17.5 Å². The summed E-state index contributed by atoms with van der Waals surface area (Å²) in [6, 6.07) is 0. The molecule has 0 heterocycles. The number of hydrogen-bond donors (Lipinski definition) is 0. The van der Waals surface area contributed by atoms with E-state index in [1.54, 1.807) is 0 Å². The second-order valence-electron chi connectivity index (χ2n) is 16.3. The summed E-state index contributed by atoms with van der Waals surface area (Å²) in [6.07, 6.45) is 10.3. The van der Waals surface area contributed by atoms with E-state index in [1.165, 1.54) is 5.57 Å². The van der Waals surface area contributed by atoms with E-state index < -0.39 is 5.41 Å². The Morgan fingerprint density at radius 3 is 2.28 bits per heavy atom. The summed E-state index contributed by atoms with van der Waals surface area (Å²) in [5.41, 5.74) is 0.152. The van der Waals surface area contributed by atoms with Gasteiger partial charge >= 0.3 is 5.97 Å². The molecule has 5 aliphatic rings. The maximum absolute atomic E-state index is 14.4. The molecule has 5 rings (SSSR count). The van der Waals surface area contributed by atoms with Crippen molar-refractivity contribution in [2.75, 3.05) is 27.2 Å². The molecular formula is C34H53NO4. The lowest BCUT2D eigenvalue weighted by Gasteiger charge is -2.69. The minimum Gasteiger partial charge on any atom is -0.464 e. The van der Waals surface area contributed by atoms with Crippen molar-refractivity contribution in [1.82, 2.24) is 4.90 Å². The first-order valence-electron chi connectivity index (χ1n) is 15.6. The van der Waals surface area contributed by atoms with Crippen molar-refractivity contribution in [1.29, 1.82) is 0 Å². The molecule has 39 heavy (non-hydrogen) atoms. The highest BCUT2D eigenvalue weighted by Crippen LogP contribution is 2.74. The summed E-state index contributed by atoms with van der Waals surface area (Å²) in [7, 11) is 3.98. The van der Waals surface area contributed by atoms with Crippen LogP contribution in [0.2, 0.25) is 0 Å². The molecule has 218 valence electrons. The van der Waals surface area contributed by atoms with E-state index in [2.05, 4.69) is 54.5 Å². The Balaban J connectivity index is 1.51. The summed E-state index contributed by atoms with van der Waals surface area (Å²) in [4.78, 5) is 42.8. The number of esters is 1. The Morgan fingerprint density at radius 1 is 0.949 bits per heavy atom. The first kappa shape index (κ1) is 29.0. The third-order valence-electron chi connectivity index (χ3n) is 13.6. The largest absolute Gasteiger partial charge is 0.464 e. The lowest BCUT2D eigenvalue weighted by Crippen LogP contribution is -2.66. The zero-order valence-corrected chi connectivity index (χ0v) is 26.2. The van der Waals surface area contributed by atoms with Gasteiger partial charge in [-0.2, -0.15) is 0 Å². The Labute approximate surface area is 236 Å². The fourth-order valence-electron chi connectivity index (χ4n) is 10.7. The van der Waals surface area contributed by atoms with Crippen molar-refractivity contribution in [3.63, 3.8) is 0 Å². The van der Waals surface area contributed by atoms with E-state index in [0.29, 0.717) is 18.8 Å². The number of likely N-dealkylation sites (N-methyl/N-ethyl adjacent to an activating group) is 1. The summed E-state index contributed by atoms with van der Waals surface area (Å²) >= 11 is 0. The smallest absolute Gasteiger partial charge is 0.311 e. The molecule has 0 spiro atoms. The topological polar surface area (TPSA) is 63.7 Å². The number of carbonyl (C=O) groups excluding carboxylic acids is 3. The van der Waals surface area contributed by atoms with Gasteiger partial charge in [-0.15, -0.1) is 0 Å². The number of Topliss-reactive ketones (excluding diaryl/α,β-unsaturated/α-hetero) is 1. The molecule has 4 saturated carbocycles. The summed E-state index contributed by atoms with van der Waals surface area (Å²) in [5.74, 6) is 0.982. The fraction of sp³-hybridized carbons (Fsp3) is 0.853. The van der Waals surface area contributed by atoms with Gasteiger partial charge in [0.25, 0.3) is 0 Å². The lowest BCUT2D eigenvalue weighted by atomic mass is 9.33. The van der Waals surface area contributed by atoms with Crippen molar-refractivity contribution in [2.24, 2.45) is 50.2 Å². The molecule has 0 aromatic heterocycles. The number of allylic oxidation sites excluding steroid dienone is 2. The summed E-state index contributed by atoms with van der Waals surface area (Å²) in [5, 5.41) is 0. The van der Waals surface area contributed by atoms with Crippen molar-refractivity contribution in [3.05, 3.63) is 11.6 Å². The molecule has 0 aliphatic heterocycles. The maximum Gasteiger partial charge on any atom is 0.311 e. The van der Waals surface area contributed by atoms with Crippen LogP contribution in [0, 0.1) is 50.2 Å². The van der Waals surface area contributed by atoms with E-state index in [4.69, 9.17) is 4.74 Å². The number of ether oxygens (including phenoxy) is 1. The van der Waals surface area contributed by atoms with Gasteiger partial charge in [0.1, 0.15) is 12.4 Å². The van der Waals surface area contributed by atoms with Gasteiger partial charge < -0.3 is 9.64 Å². The number of ketones is 2. The van der Waals surface area contributed by atoms with E-state index >= 15 is 0 Å². The van der Waals surface area contributed by atoms with Crippen molar-refractivity contribution < 1.29 is 19.1 Å². The monoisotopic (exact) mass is 539 g/mol. The predicted octanol–water partition coefficient (Wildman–Crippen LogP) is 6.64. The maximum atomic E-state index is 14.4. The zero-order chi connectivity index (χ0) is 28.8. The van der Waals surface area contributed by atoms with Crippen molar-refractivity contribution in [3.8, 4) is 0 Å². The third-order valence-corrected chi connectivity index (χ3v) is 13.6. The van der Waals surface area contributed by atoms with Gasteiger partial charge in [-0.1, -0.05) is 47.1 Å². The van der Waals surface area contributed by atoms with E-state index in [1.807, 2.05) is 19.0 Å². The van der Waals surface area contributed by atoms with Crippen LogP contribution in [0.5, 0.6) is 0 Å². The second kappa shape index (κ2) is 9.00. The number of fused-ring (bicyclic) bond motifs is 7. The lowest BCUT2D eigenvalue weighted by molar-refractivity contribution is -0.188. The third kappa shape index (κ3) is 3.98. The molecule has 8 atom stereocenters. The van der Waals surface area contributed by atoms with Crippen LogP contribution in [0.3, 0.4) is 0 Å². The quantitative estimate of drug-likeness (QED) is 0.375. The van der Waals surface area contributed by atoms with Crippen LogP contribution < -0.4 is 0 Å². The molecule has 0 unspecified atom stereocenters. The van der Waals surface area contributed by atoms with E-state index in [-0.39, 0.29) is 56.6 Å². The normalized spacial score (nSPS) is 46.9. The van der Waals surface area contributed by atoms with Crippen LogP contribution in [-0.2, 0) is 19.1 Å². The van der Waals surface area contributed by atoms with Crippen LogP contribution in [0.15, 0.2) is 11.6 Å². The molecule has 0 aromatic carbocycles. The van der Waals surface area contributed by atoms with Crippen LogP contribution in [-0.4, -0.2) is 49.7 Å². The highest BCUT2D eigenvalue weighted by molar-refractivity contribution is 5.96. The van der Waals surface area contributed by atoms with Gasteiger partial charge in [-0.05, 0) is 112 Å². The number of hydrogen-bond acceptors (Lipinski definition) is 5. The molecule has 5 aliphatic carbocycles. The number of rotatable bonds is 4. The molecule has 0 amide bonds. The Morgan fingerprint density at radius 2 is 1.62 bits per heavy atom. The minimum atomic E-state index is -0.520. The molecule has 4 fully saturated rings. The van der Waals surface area contributed by atoms with Crippen LogP contribution in [0.25, 0.3) is 0 Å². The predicted molar refractivity (Wildman–Crippen MR) is 154 cm³/mol. The highest BCUT2D eigenvalue weighted by atomic mass is 16.5. The molecule has 0 bridgehead atoms. The SMILES string of the molecule is CN(C)CCOC(=O)[C@@]1(C)CC[C@]2(C)CC[C@]3(C)C(=CC(=O)[C@@H]4[C@@]5(C)CCC(=O)C(C)(C)[C@@H]5CC[C@]43C)[C@@H]2C1. The average Bonchev–Trinajstić information content (AvgIpc) is 2.84. The van der Waals surface area contributed by atoms with Gasteiger partial charge in [0.15, 0.2) is 5.78 Å². The first-order chi connectivity index (χ1) is 17.9.